The zero-order valence-corrected chi connectivity index (χ0v) is 13.8. The van der Waals surface area contributed by atoms with Gasteiger partial charge in [-0.15, -0.1) is 0 Å². The number of allylic oxidation sites excluding steroid dienone is 1. The Hall–Kier alpha value is -1.75. The Balaban J connectivity index is 2.15. The second-order valence-electron chi connectivity index (χ2n) is 5.70. The maximum atomic E-state index is 12.7. The molecule has 122 valence electrons. The fourth-order valence-corrected chi connectivity index (χ4v) is 3.56. The lowest BCUT2D eigenvalue weighted by Gasteiger charge is -2.28. The van der Waals surface area contributed by atoms with Crippen LogP contribution in [0.4, 0.5) is 0 Å². The van der Waals surface area contributed by atoms with Crippen LogP contribution < -0.4 is 16.3 Å². The van der Waals surface area contributed by atoms with Crippen molar-refractivity contribution in [2.75, 3.05) is 0 Å². The van der Waals surface area contributed by atoms with Crippen LogP contribution in [0, 0.1) is 0 Å². The third-order valence-corrected chi connectivity index (χ3v) is 4.78. The van der Waals surface area contributed by atoms with E-state index in [0.29, 0.717) is 17.1 Å². The van der Waals surface area contributed by atoms with Crippen molar-refractivity contribution in [1.82, 2.24) is 14.9 Å². The van der Waals surface area contributed by atoms with Gasteiger partial charge in [0.15, 0.2) is 5.44 Å². The van der Waals surface area contributed by atoms with E-state index in [-0.39, 0.29) is 11.5 Å². The molecule has 2 heterocycles. The summed E-state index contributed by atoms with van der Waals surface area (Å²) >= 11 is 0. The molecule has 3 rings (SSSR count). The van der Waals surface area contributed by atoms with Gasteiger partial charge in [0.1, 0.15) is 0 Å². The zero-order chi connectivity index (χ0) is 16.4. The number of hydrogen-bond acceptors (Lipinski definition) is 5. The monoisotopic (exact) mass is 333 g/mol. The molecule has 0 bridgehead atoms. The van der Waals surface area contributed by atoms with Crippen LogP contribution >= 0.6 is 8.38 Å². The second-order valence-corrected chi connectivity index (χ2v) is 6.71. The summed E-state index contributed by atoms with van der Waals surface area (Å²) in [6.45, 7) is 2.13. The maximum Gasteiger partial charge on any atom is 0.282 e. The van der Waals surface area contributed by atoms with Gasteiger partial charge < -0.3 is 15.1 Å². The van der Waals surface area contributed by atoms with E-state index < -0.39 is 13.9 Å². The molecule has 0 fully saturated rings. The molecule has 0 amide bonds. The smallest absolute Gasteiger partial charge is 0.282 e. The van der Waals surface area contributed by atoms with Crippen LogP contribution in [0.2, 0.25) is 0 Å². The molecule has 1 aromatic heterocycles. The molecule has 0 spiro atoms. The highest BCUT2D eigenvalue weighted by molar-refractivity contribution is 7.53. The van der Waals surface area contributed by atoms with Gasteiger partial charge >= 0.3 is 0 Å². The third kappa shape index (κ3) is 3.15. The normalized spacial score (nSPS) is 20.9. The van der Waals surface area contributed by atoms with Crippen LogP contribution in [0.25, 0.3) is 11.0 Å². The highest BCUT2D eigenvalue weighted by Gasteiger charge is 2.24. The fourth-order valence-electron chi connectivity index (χ4n) is 3.08. The van der Waals surface area contributed by atoms with Gasteiger partial charge in [-0.3, -0.25) is 9.36 Å². The summed E-state index contributed by atoms with van der Waals surface area (Å²) in [7, 11) is -2.53. The van der Waals surface area contributed by atoms with Crippen LogP contribution in [0.5, 0.6) is 0 Å². The van der Waals surface area contributed by atoms with Gasteiger partial charge in [-0.25, -0.2) is 4.98 Å². The van der Waals surface area contributed by atoms with E-state index >= 15 is 0 Å². The summed E-state index contributed by atoms with van der Waals surface area (Å²) in [6.07, 6.45) is 6.70. The van der Waals surface area contributed by atoms with Gasteiger partial charge in [0, 0.05) is 6.04 Å². The van der Waals surface area contributed by atoms with E-state index in [9.17, 15) is 14.6 Å². The van der Waals surface area contributed by atoms with E-state index in [1.807, 2.05) is 30.5 Å². The molecule has 6 nitrogen and oxygen atoms in total. The molecule has 1 aromatic carbocycles. The number of aromatic nitrogens is 2. The second kappa shape index (κ2) is 6.79. The van der Waals surface area contributed by atoms with Crippen LogP contribution in [0.3, 0.4) is 0 Å². The van der Waals surface area contributed by atoms with Gasteiger partial charge in [-0.05, 0) is 37.3 Å². The van der Waals surface area contributed by atoms with Crippen LogP contribution in [-0.2, 0) is 0 Å². The number of para-hydroxylation sites is 2. The summed E-state index contributed by atoms with van der Waals surface area (Å²) in [5.74, 6) is 0. The third-order valence-electron chi connectivity index (χ3n) is 4.11. The standard InChI is InChI=1S/C16H20N3O3P/c1-2-5-11-10-12(8-9-17-11)19-14-7-4-3-6-13(14)18-15(16(19)20)23(21)22/h3-4,6-9,11-12,17,21-22H,2,5,10H2,1H3/t11-,12?/m0/s1. The number of rotatable bonds is 4. The first-order chi connectivity index (χ1) is 11.1. The van der Waals surface area contributed by atoms with Gasteiger partial charge in [0.25, 0.3) is 5.56 Å². The highest BCUT2D eigenvalue weighted by atomic mass is 31.2. The topological polar surface area (TPSA) is 87.4 Å². The minimum absolute atomic E-state index is 0.123. The predicted molar refractivity (Wildman–Crippen MR) is 91.6 cm³/mol. The SMILES string of the molecule is CCC[C@H]1CC(n2c(=O)c(P(O)O)nc3ccccc32)C=CN1. The summed E-state index contributed by atoms with van der Waals surface area (Å²) < 4.78 is 1.64. The number of hydrogen-bond donors (Lipinski definition) is 3. The maximum absolute atomic E-state index is 12.7. The Bertz CT molecular complexity index is 788. The van der Waals surface area contributed by atoms with Crippen LogP contribution in [0.1, 0.15) is 32.2 Å². The molecule has 23 heavy (non-hydrogen) atoms. The zero-order valence-electron chi connectivity index (χ0n) is 12.9. The molecule has 2 aromatic rings. The Kier molecular flexibility index (Phi) is 4.76. The van der Waals surface area contributed by atoms with Crippen molar-refractivity contribution >= 4 is 24.8 Å². The van der Waals surface area contributed by atoms with Gasteiger partial charge in [0.05, 0.1) is 17.1 Å². The van der Waals surface area contributed by atoms with Crippen LogP contribution in [-0.4, -0.2) is 25.4 Å². The summed E-state index contributed by atoms with van der Waals surface area (Å²) in [5.41, 5.74) is 0.714. The number of nitrogens with zero attached hydrogens (tertiary/aromatic N) is 2. The lowest BCUT2D eigenvalue weighted by atomic mass is 9.99. The molecule has 2 atom stereocenters. The molecule has 0 radical (unpaired) electrons. The minimum atomic E-state index is -2.53. The van der Waals surface area contributed by atoms with Crippen molar-refractivity contribution in [2.24, 2.45) is 0 Å². The van der Waals surface area contributed by atoms with Crippen LogP contribution in [0.15, 0.2) is 41.3 Å². The molecule has 0 saturated carbocycles. The van der Waals surface area contributed by atoms with E-state index in [1.54, 1.807) is 10.6 Å². The summed E-state index contributed by atoms with van der Waals surface area (Å²) in [6, 6.07) is 7.48. The van der Waals surface area contributed by atoms with E-state index in [1.165, 1.54) is 0 Å². The summed E-state index contributed by atoms with van der Waals surface area (Å²) in [4.78, 5) is 35.9. The Morgan fingerprint density at radius 1 is 1.39 bits per heavy atom. The lowest BCUT2D eigenvalue weighted by molar-refractivity contribution is 0.406. The molecule has 0 saturated heterocycles. The molecule has 1 unspecified atom stereocenters. The average molecular weight is 333 g/mol. The summed E-state index contributed by atoms with van der Waals surface area (Å²) in [5, 5.41) is 3.32. The molecular formula is C16H20N3O3P. The molecule has 1 aliphatic heterocycles. The lowest BCUT2D eigenvalue weighted by Crippen LogP contribution is -2.40. The predicted octanol–water partition coefficient (Wildman–Crippen LogP) is 1.54. The van der Waals surface area contributed by atoms with E-state index in [0.717, 1.165) is 19.3 Å². The van der Waals surface area contributed by atoms with Gasteiger partial charge in [-0.2, -0.15) is 0 Å². The Morgan fingerprint density at radius 2 is 2.17 bits per heavy atom. The molecule has 0 aliphatic carbocycles. The van der Waals surface area contributed by atoms with E-state index in [4.69, 9.17) is 0 Å². The highest BCUT2D eigenvalue weighted by Crippen LogP contribution is 2.25. The first-order valence-corrected chi connectivity index (χ1v) is 8.98. The van der Waals surface area contributed by atoms with Gasteiger partial charge in [-0.1, -0.05) is 25.5 Å². The largest absolute Gasteiger partial charge is 0.388 e. The molecule has 7 heteroatoms. The van der Waals surface area contributed by atoms with Crippen molar-refractivity contribution in [3.63, 3.8) is 0 Å². The molecule has 3 N–H and O–H groups in total. The van der Waals surface area contributed by atoms with Crippen molar-refractivity contribution in [3.8, 4) is 0 Å². The Morgan fingerprint density at radius 3 is 2.91 bits per heavy atom. The average Bonchev–Trinajstić information content (AvgIpc) is 2.54. The Labute approximate surface area is 135 Å². The van der Waals surface area contributed by atoms with Crippen molar-refractivity contribution < 1.29 is 9.79 Å². The molecular weight excluding hydrogens is 313 g/mol. The quantitative estimate of drug-likeness (QED) is 0.739. The number of fused-ring (bicyclic) bond motifs is 1. The van der Waals surface area contributed by atoms with E-state index in [2.05, 4.69) is 17.2 Å². The molecule has 1 aliphatic rings. The fraction of sp³-hybridized carbons (Fsp3) is 0.375. The number of nitrogens with one attached hydrogen (secondary N) is 1. The first kappa shape index (κ1) is 16.1. The first-order valence-electron chi connectivity index (χ1n) is 7.73. The van der Waals surface area contributed by atoms with Gasteiger partial charge in [0.2, 0.25) is 8.38 Å². The van der Waals surface area contributed by atoms with Crippen molar-refractivity contribution in [2.45, 2.75) is 38.3 Å². The van der Waals surface area contributed by atoms with Crippen molar-refractivity contribution in [3.05, 3.63) is 46.9 Å². The minimum Gasteiger partial charge on any atom is -0.388 e. The van der Waals surface area contributed by atoms with Crippen molar-refractivity contribution in [1.29, 1.82) is 0 Å². The number of benzene rings is 1.